The number of carbonyl (C=O) groups is 2. The van der Waals surface area contributed by atoms with Crippen molar-refractivity contribution in [2.45, 2.75) is 25.7 Å². The number of pyridine rings is 1. The fourth-order valence-corrected chi connectivity index (χ4v) is 1.60. The zero-order chi connectivity index (χ0) is 14.1. The predicted octanol–water partition coefficient (Wildman–Crippen LogP) is 1.46. The average molecular weight is 266 g/mol. The first-order chi connectivity index (χ1) is 9.15. The third-order valence-electron chi connectivity index (χ3n) is 2.56. The van der Waals surface area contributed by atoms with Crippen molar-refractivity contribution in [3.8, 4) is 5.88 Å². The van der Waals surface area contributed by atoms with Crippen LogP contribution in [0.2, 0.25) is 0 Å². The van der Waals surface area contributed by atoms with E-state index in [-0.39, 0.29) is 12.3 Å². The van der Waals surface area contributed by atoms with Crippen molar-refractivity contribution in [2.75, 3.05) is 13.7 Å². The van der Waals surface area contributed by atoms with E-state index in [1.807, 2.05) is 0 Å². The first kappa shape index (κ1) is 14.9. The highest BCUT2D eigenvalue weighted by Crippen LogP contribution is 2.12. The summed E-state index contributed by atoms with van der Waals surface area (Å²) in [5.74, 6) is -0.724. The largest absolute Gasteiger partial charge is 0.481 e. The molecule has 0 bridgehead atoms. The highest BCUT2D eigenvalue weighted by molar-refractivity contribution is 5.96. The van der Waals surface area contributed by atoms with Gasteiger partial charge in [-0.3, -0.25) is 9.59 Å². The van der Waals surface area contributed by atoms with Gasteiger partial charge in [-0.25, -0.2) is 4.98 Å². The molecule has 6 nitrogen and oxygen atoms in total. The van der Waals surface area contributed by atoms with Crippen LogP contribution in [0, 0.1) is 0 Å². The van der Waals surface area contributed by atoms with Crippen LogP contribution in [0.4, 0.5) is 0 Å². The van der Waals surface area contributed by atoms with Gasteiger partial charge < -0.3 is 15.2 Å². The Morgan fingerprint density at radius 3 is 2.84 bits per heavy atom. The lowest BCUT2D eigenvalue weighted by Gasteiger charge is -2.07. The molecule has 0 aliphatic rings. The highest BCUT2D eigenvalue weighted by Gasteiger charge is 2.11. The molecule has 19 heavy (non-hydrogen) atoms. The van der Waals surface area contributed by atoms with Crippen molar-refractivity contribution < 1.29 is 19.4 Å². The summed E-state index contributed by atoms with van der Waals surface area (Å²) in [6.45, 7) is 0.510. The van der Waals surface area contributed by atoms with E-state index in [1.165, 1.54) is 7.11 Å². The molecular weight excluding hydrogens is 248 g/mol. The number of hydrogen-bond donors (Lipinski definition) is 2. The van der Waals surface area contributed by atoms with Gasteiger partial charge in [0.1, 0.15) is 5.56 Å². The minimum Gasteiger partial charge on any atom is -0.481 e. The standard InChI is InChI=1S/C13H18N2O4/c1-19-13-10(6-5-9-15-13)12(18)14-8-4-2-3-7-11(16)17/h5-6,9H,2-4,7-8H2,1H3,(H,14,18)(H,16,17). The van der Waals surface area contributed by atoms with E-state index in [4.69, 9.17) is 9.84 Å². The summed E-state index contributed by atoms with van der Waals surface area (Å²) < 4.78 is 5.00. The Bertz CT molecular complexity index is 434. The second-order valence-electron chi connectivity index (χ2n) is 4.02. The molecule has 1 aromatic heterocycles. The summed E-state index contributed by atoms with van der Waals surface area (Å²) >= 11 is 0. The van der Waals surface area contributed by atoms with E-state index in [2.05, 4.69) is 10.3 Å². The van der Waals surface area contributed by atoms with Gasteiger partial charge in [0.05, 0.1) is 7.11 Å². The summed E-state index contributed by atoms with van der Waals surface area (Å²) in [4.78, 5) is 26.1. The molecule has 0 saturated heterocycles. The van der Waals surface area contributed by atoms with Crippen LogP contribution in [0.25, 0.3) is 0 Å². The quantitative estimate of drug-likeness (QED) is 0.695. The van der Waals surface area contributed by atoms with Crippen LogP contribution in [0.15, 0.2) is 18.3 Å². The first-order valence-electron chi connectivity index (χ1n) is 6.14. The number of carboxylic acid groups (broad SMARTS) is 1. The SMILES string of the molecule is COc1ncccc1C(=O)NCCCCCC(=O)O. The predicted molar refractivity (Wildman–Crippen MR) is 69.2 cm³/mol. The van der Waals surface area contributed by atoms with Gasteiger partial charge in [-0.15, -0.1) is 0 Å². The van der Waals surface area contributed by atoms with Gasteiger partial charge in [-0.2, -0.15) is 0 Å². The van der Waals surface area contributed by atoms with E-state index in [0.717, 1.165) is 12.8 Å². The number of unbranched alkanes of at least 4 members (excludes halogenated alkanes) is 2. The summed E-state index contributed by atoms with van der Waals surface area (Å²) in [5.41, 5.74) is 0.399. The fourth-order valence-electron chi connectivity index (χ4n) is 1.60. The number of hydrogen-bond acceptors (Lipinski definition) is 4. The maximum Gasteiger partial charge on any atom is 0.303 e. The molecular formula is C13H18N2O4. The van der Waals surface area contributed by atoms with E-state index >= 15 is 0 Å². The van der Waals surface area contributed by atoms with Gasteiger partial charge >= 0.3 is 5.97 Å². The number of aliphatic carboxylic acids is 1. The van der Waals surface area contributed by atoms with Crippen LogP contribution >= 0.6 is 0 Å². The number of aromatic nitrogens is 1. The van der Waals surface area contributed by atoms with Crippen LogP contribution in [0.3, 0.4) is 0 Å². The molecule has 0 atom stereocenters. The van der Waals surface area contributed by atoms with Crippen molar-refractivity contribution in [3.05, 3.63) is 23.9 Å². The minimum atomic E-state index is -0.788. The van der Waals surface area contributed by atoms with E-state index in [1.54, 1.807) is 18.3 Å². The second kappa shape index (κ2) is 8.07. The van der Waals surface area contributed by atoms with Gasteiger partial charge in [0.25, 0.3) is 5.91 Å². The Morgan fingerprint density at radius 2 is 2.16 bits per heavy atom. The number of nitrogens with one attached hydrogen (secondary N) is 1. The lowest BCUT2D eigenvalue weighted by atomic mass is 10.2. The molecule has 0 radical (unpaired) electrons. The van der Waals surface area contributed by atoms with Crippen molar-refractivity contribution in [1.82, 2.24) is 10.3 Å². The summed E-state index contributed by atoms with van der Waals surface area (Å²) in [7, 11) is 1.46. The molecule has 1 heterocycles. The molecule has 0 saturated carbocycles. The topological polar surface area (TPSA) is 88.5 Å². The van der Waals surface area contributed by atoms with Gasteiger partial charge in [-0.05, 0) is 25.0 Å². The average Bonchev–Trinajstić information content (AvgIpc) is 2.42. The van der Waals surface area contributed by atoms with E-state index in [0.29, 0.717) is 24.4 Å². The van der Waals surface area contributed by atoms with Gasteiger partial charge in [-0.1, -0.05) is 6.42 Å². The fraction of sp³-hybridized carbons (Fsp3) is 0.462. The van der Waals surface area contributed by atoms with Crippen molar-refractivity contribution in [1.29, 1.82) is 0 Å². The number of ether oxygens (including phenoxy) is 1. The minimum absolute atomic E-state index is 0.171. The van der Waals surface area contributed by atoms with Gasteiger partial charge in [0, 0.05) is 19.2 Å². The molecule has 1 aromatic rings. The van der Waals surface area contributed by atoms with Crippen molar-refractivity contribution in [3.63, 3.8) is 0 Å². The summed E-state index contributed by atoms with van der Waals surface area (Å²) in [6, 6.07) is 3.32. The molecule has 0 aliphatic heterocycles. The molecule has 1 rings (SSSR count). The Morgan fingerprint density at radius 1 is 1.37 bits per heavy atom. The molecule has 6 heteroatoms. The molecule has 104 valence electrons. The Labute approximate surface area is 111 Å². The summed E-state index contributed by atoms with van der Waals surface area (Å²) in [5, 5.41) is 11.2. The molecule has 0 spiro atoms. The van der Waals surface area contributed by atoms with E-state index < -0.39 is 5.97 Å². The number of rotatable bonds is 8. The second-order valence-corrected chi connectivity index (χ2v) is 4.02. The molecule has 0 fully saturated rings. The third-order valence-corrected chi connectivity index (χ3v) is 2.56. The molecule has 1 amide bonds. The Kier molecular flexibility index (Phi) is 6.35. The molecule has 2 N–H and O–H groups in total. The maximum atomic E-state index is 11.8. The first-order valence-corrected chi connectivity index (χ1v) is 6.14. The van der Waals surface area contributed by atoms with Crippen molar-refractivity contribution >= 4 is 11.9 Å². The zero-order valence-corrected chi connectivity index (χ0v) is 10.9. The van der Waals surface area contributed by atoms with Crippen molar-refractivity contribution in [2.24, 2.45) is 0 Å². The lowest BCUT2D eigenvalue weighted by Crippen LogP contribution is -2.25. The number of amides is 1. The van der Waals surface area contributed by atoms with Crippen LogP contribution < -0.4 is 10.1 Å². The normalized spacial score (nSPS) is 9.95. The monoisotopic (exact) mass is 266 g/mol. The highest BCUT2D eigenvalue weighted by atomic mass is 16.5. The van der Waals surface area contributed by atoms with Crippen LogP contribution in [0.1, 0.15) is 36.0 Å². The molecule has 0 aliphatic carbocycles. The summed E-state index contributed by atoms with van der Waals surface area (Å²) in [6.07, 6.45) is 3.88. The third kappa shape index (κ3) is 5.37. The Balaban J connectivity index is 2.29. The van der Waals surface area contributed by atoms with E-state index in [9.17, 15) is 9.59 Å². The van der Waals surface area contributed by atoms with Crippen LogP contribution in [-0.4, -0.2) is 35.6 Å². The number of carboxylic acids is 1. The lowest BCUT2D eigenvalue weighted by molar-refractivity contribution is -0.137. The molecule has 0 unspecified atom stereocenters. The maximum absolute atomic E-state index is 11.8. The van der Waals surface area contributed by atoms with Crippen LogP contribution in [0.5, 0.6) is 5.88 Å². The Hall–Kier alpha value is -2.11. The van der Waals surface area contributed by atoms with Gasteiger partial charge in [0.15, 0.2) is 0 Å². The van der Waals surface area contributed by atoms with Gasteiger partial charge in [0.2, 0.25) is 5.88 Å². The number of methoxy groups -OCH3 is 1. The number of carbonyl (C=O) groups excluding carboxylic acids is 1. The molecule has 0 aromatic carbocycles. The van der Waals surface area contributed by atoms with Crippen LogP contribution in [-0.2, 0) is 4.79 Å². The number of nitrogens with zero attached hydrogens (tertiary/aromatic N) is 1. The smallest absolute Gasteiger partial charge is 0.303 e. The zero-order valence-electron chi connectivity index (χ0n) is 10.9.